The fourth-order valence-electron chi connectivity index (χ4n) is 4.15. The molecule has 0 spiro atoms. The van der Waals surface area contributed by atoms with Crippen molar-refractivity contribution in [1.82, 2.24) is 20.4 Å². The number of aliphatic imine (C=N–C) groups is 1. The highest BCUT2D eigenvalue weighted by molar-refractivity contribution is 14.0. The minimum Gasteiger partial charge on any atom is -0.357 e. The molecule has 2 fully saturated rings. The molecule has 152 valence electrons. The van der Waals surface area contributed by atoms with Gasteiger partial charge in [-0.25, -0.2) is 0 Å². The number of carbonyl (C=O) groups is 1. The van der Waals surface area contributed by atoms with Gasteiger partial charge in [0.2, 0.25) is 5.91 Å². The number of nitrogens with one attached hydrogen (secondary N) is 2. The molecule has 0 radical (unpaired) electrons. The van der Waals surface area contributed by atoms with Crippen LogP contribution in [0.3, 0.4) is 0 Å². The Labute approximate surface area is 176 Å². The fourth-order valence-corrected chi connectivity index (χ4v) is 4.15. The SMILES string of the molecule is CCNC(=NCC1(C(=O)N(C)C)CCCC1)NCC1CCN(CC)C1.I. The van der Waals surface area contributed by atoms with Crippen LogP contribution in [0.2, 0.25) is 0 Å². The molecule has 6 nitrogen and oxygen atoms in total. The normalized spacial score (nSPS) is 22.8. The van der Waals surface area contributed by atoms with Crippen molar-refractivity contribution in [1.29, 1.82) is 0 Å². The van der Waals surface area contributed by atoms with E-state index < -0.39 is 0 Å². The van der Waals surface area contributed by atoms with Crippen LogP contribution in [0.4, 0.5) is 0 Å². The second-order valence-electron chi connectivity index (χ2n) is 7.81. The Bertz CT molecular complexity index is 463. The first-order chi connectivity index (χ1) is 12.0. The maximum Gasteiger partial charge on any atom is 0.230 e. The van der Waals surface area contributed by atoms with E-state index in [0.717, 1.165) is 51.3 Å². The van der Waals surface area contributed by atoms with Gasteiger partial charge in [0.25, 0.3) is 0 Å². The quantitative estimate of drug-likeness (QED) is 0.334. The zero-order valence-electron chi connectivity index (χ0n) is 17.0. The largest absolute Gasteiger partial charge is 0.357 e. The highest BCUT2D eigenvalue weighted by atomic mass is 127. The third kappa shape index (κ3) is 6.25. The standard InChI is InChI=1S/C19H37N5O.HI/c1-5-20-18(21-13-16-9-12-24(6-2)14-16)22-15-19(10-7-8-11-19)17(25)23(3)4;/h16H,5-15H2,1-4H3,(H2,20,21,22);1H. The summed E-state index contributed by atoms with van der Waals surface area (Å²) >= 11 is 0. The molecule has 1 amide bonds. The summed E-state index contributed by atoms with van der Waals surface area (Å²) in [5.74, 6) is 1.78. The van der Waals surface area contributed by atoms with Crippen LogP contribution in [-0.2, 0) is 4.79 Å². The highest BCUT2D eigenvalue weighted by Gasteiger charge is 2.42. The Morgan fingerprint density at radius 2 is 1.92 bits per heavy atom. The number of carbonyl (C=O) groups excluding carboxylic acids is 1. The summed E-state index contributed by atoms with van der Waals surface area (Å²) in [6.07, 6.45) is 5.44. The Morgan fingerprint density at radius 1 is 1.23 bits per heavy atom. The molecule has 0 bridgehead atoms. The third-order valence-corrected chi connectivity index (χ3v) is 5.68. The van der Waals surface area contributed by atoms with Gasteiger partial charge in [0.05, 0.1) is 12.0 Å². The van der Waals surface area contributed by atoms with Gasteiger partial charge >= 0.3 is 0 Å². The van der Waals surface area contributed by atoms with E-state index in [1.165, 1.54) is 19.5 Å². The topological polar surface area (TPSA) is 60.0 Å². The van der Waals surface area contributed by atoms with Crippen LogP contribution in [0.5, 0.6) is 0 Å². The van der Waals surface area contributed by atoms with E-state index >= 15 is 0 Å². The van der Waals surface area contributed by atoms with Crippen LogP contribution < -0.4 is 10.6 Å². The van der Waals surface area contributed by atoms with Gasteiger partial charge in [0, 0.05) is 33.7 Å². The molecule has 1 atom stereocenters. The minimum absolute atomic E-state index is 0. The first-order valence-electron chi connectivity index (χ1n) is 9.97. The summed E-state index contributed by atoms with van der Waals surface area (Å²) in [6, 6.07) is 0. The Balaban J connectivity index is 0.00000338. The van der Waals surface area contributed by atoms with E-state index in [2.05, 4.69) is 29.4 Å². The first-order valence-corrected chi connectivity index (χ1v) is 9.97. The lowest BCUT2D eigenvalue weighted by atomic mass is 9.85. The lowest BCUT2D eigenvalue weighted by Crippen LogP contribution is -2.44. The van der Waals surface area contributed by atoms with Gasteiger partial charge in [-0.3, -0.25) is 9.79 Å². The van der Waals surface area contributed by atoms with E-state index in [0.29, 0.717) is 12.5 Å². The zero-order valence-corrected chi connectivity index (χ0v) is 19.3. The van der Waals surface area contributed by atoms with Crippen LogP contribution in [0, 0.1) is 11.3 Å². The fraction of sp³-hybridized carbons (Fsp3) is 0.895. The Hall–Kier alpha value is -0.570. The average Bonchev–Trinajstić information content (AvgIpc) is 3.26. The summed E-state index contributed by atoms with van der Waals surface area (Å²) in [6.45, 7) is 10.2. The van der Waals surface area contributed by atoms with Gasteiger partial charge in [-0.1, -0.05) is 19.8 Å². The molecule has 1 aliphatic heterocycles. The Kier molecular flexibility index (Phi) is 10.2. The van der Waals surface area contributed by atoms with Crippen LogP contribution in [-0.4, -0.2) is 75.0 Å². The van der Waals surface area contributed by atoms with E-state index in [1.807, 2.05) is 14.1 Å². The predicted octanol–water partition coefficient (Wildman–Crippen LogP) is 2.15. The lowest BCUT2D eigenvalue weighted by Gasteiger charge is -2.29. The third-order valence-electron chi connectivity index (χ3n) is 5.68. The number of hydrogen-bond acceptors (Lipinski definition) is 3. The van der Waals surface area contributed by atoms with Gasteiger partial charge < -0.3 is 20.4 Å². The van der Waals surface area contributed by atoms with Crippen LogP contribution in [0.15, 0.2) is 4.99 Å². The summed E-state index contributed by atoms with van der Waals surface area (Å²) < 4.78 is 0. The van der Waals surface area contributed by atoms with Crippen molar-refractivity contribution >= 4 is 35.8 Å². The molecule has 1 unspecified atom stereocenters. The second kappa shape index (κ2) is 11.3. The van der Waals surface area contributed by atoms with Crippen molar-refractivity contribution < 1.29 is 4.79 Å². The molecular weight excluding hydrogens is 441 g/mol. The molecule has 0 aromatic carbocycles. The number of halogens is 1. The maximum absolute atomic E-state index is 12.7. The summed E-state index contributed by atoms with van der Waals surface area (Å²) in [5.41, 5.74) is -0.293. The van der Waals surface area contributed by atoms with E-state index in [1.54, 1.807) is 4.90 Å². The average molecular weight is 479 g/mol. The number of hydrogen-bond donors (Lipinski definition) is 2. The summed E-state index contributed by atoms with van der Waals surface area (Å²) in [4.78, 5) is 21.7. The molecule has 1 saturated carbocycles. The summed E-state index contributed by atoms with van der Waals surface area (Å²) in [5, 5.41) is 6.85. The molecule has 1 aliphatic carbocycles. The zero-order chi connectivity index (χ0) is 18.3. The minimum atomic E-state index is -0.293. The predicted molar refractivity (Wildman–Crippen MR) is 119 cm³/mol. The second-order valence-corrected chi connectivity index (χ2v) is 7.81. The van der Waals surface area contributed by atoms with Crippen molar-refractivity contribution in [3.05, 3.63) is 0 Å². The number of likely N-dealkylation sites (tertiary alicyclic amines) is 1. The van der Waals surface area contributed by atoms with E-state index in [4.69, 9.17) is 4.99 Å². The molecule has 26 heavy (non-hydrogen) atoms. The molecule has 1 heterocycles. The van der Waals surface area contributed by atoms with Crippen molar-refractivity contribution in [2.45, 2.75) is 46.0 Å². The molecule has 0 aromatic rings. The molecule has 2 aliphatic rings. The molecule has 7 heteroatoms. The van der Waals surface area contributed by atoms with Gasteiger partial charge in [-0.05, 0) is 45.2 Å². The molecular formula is C19H38IN5O. The first kappa shape index (κ1) is 23.5. The van der Waals surface area contributed by atoms with Crippen LogP contribution >= 0.6 is 24.0 Å². The van der Waals surface area contributed by atoms with Crippen molar-refractivity contribution in [2.75, 3.05) is 53.4 Å². The lowest BCUT2D eigenvalue weighted by molar-refractivity contribution is -0.138. The van der Waals surface area contributed by atoms with Crippen LogP contribution in [0.1, 0.15) is 46.0 Å². The number of guanidine groups is 1. The smallest absolute Gasteiger partial charge is 0.230 e. The van der Waals surface area contributed by atoms with Crippen molar-refractivity contribution in [2.24, 2.45) is 16.3 Å². The molecule has 2 N–H and O–H groups in total. The monoisotopic (exact) mass is 479 g/mol. The van der Waals surface area contributed by atoms with Gasteiger partial charge in [0.15, 0.2) is 5.96 Å². The summed E-state index contributed by atoms with van der Waals surface area (Å²) in [7, 11) is 3.71. The highest BCUT2D eigenvalue weighted by Crippen LogP contribution is 2.39. The van der Waals surface area contributed by atoms with E-state index in [9.17, 15) is 4.79 Å². The molecule has 0 aromatic heterocycles. The number of rotatable bonds is 7. The number of nitrogens with zero attached hydrogens (tertiary/aromatic N) is 3. The van der Waals surface area contributed by atoms with Gasteiger partial charge in [-0.2, -0.15) is 0 Å². The van der Waals surface area contributed by atoms with Crippen LogP contribution in [0.25, 0.3) is 0 Å². The van der Waals surface area contributed by atoms with Gasteiger partial charge in [-0.15, -0.1) is 24.0 Å². The van der Waals surface area contributed by atoms with Crippen molar-refractivity contribution in [3.8, 4) is 0 Å². The van der Waals surface area contributed by atoms with Gasteiger partial charge in [0.1, 0.15) is 0 Å². The maximum atomic E-state index is 12.7. The number of amides is 1. The van der Waals surface area contributed by atoms with E-state index in [-0.39, 0.29) is 35.3 Å². The molecule has 1 saturated heterocycles. The van der Waals surface area contributed by atoms with Crippen molar-refractivity contribution in [3.63, 3.8) is 0 Å². The Morgan fingerprint density at radius 3 is 2.46 bits per heavy atom. The molecule has 2 rings (SSSR count).